The minimum Gasteiger partial charge on any atom is -0.455 e. The first-order chi connectivity index (χ1) is 19.4. The fourth-order valence-electron chi connectivity index (χ4n) is 7.05. The first-order valence-corrected chi connectivity index (χ1v) is 13.4. The van der Waals surface area contributed by atoms with Gasteiger partial charge in [-0.3, -0.25) is 0 Å². The van der Waals surface area contributed by atoms with E-state index < -0.39 is 0 Å². The quantitative estimate of drug-likeness (QED) is 0.207. The molecule has 3 heteroatoms. The number of fused-ring (bicyclic) bond motifs is 11. The minimum atomic E-state index is 0.926. The van der Waals surface area contributed by atoms with Gasteiger partial charge in [-0.15, -0.1) is 0 Å². The van der Waals surface area contributed by atoms with Crippen molar-refractivity contribution >= 4 is 76.6 Å². The van der Waals surface area contributed by atoms with E-state index in [1.165, 1.54) is 60.2 Å². The van der Waals surface area contributed by atoms with Crippen LogP contribution in [0, 0.1) is 0 Å². The molecule has 180 valence electrons. The van der Waals surface area contributed by atoms with Gasteiger partial charge in [0.05, 0.1) is 33.1 Å². The van der Waals surface area contributed by atoms with Crippen molar-refractivity contribution in [2.45, 2.75) is 0 Å². The summed E-state index contributed by atoms with van der Waals surface area (Å²) in [5.74, 6) is 0. The van der Waals surface area contributed by atoms with Gasteiger partial charge in [-0.25, -0.2) is 0 Å². The Morgan fingerprint density at radius 2 is 1.00 bits per heavy atom. The molecule has 0 radical (unpaired) electrons. The zero-order chi connectivity index (χ0) is 25.2. The number of para-hydroxylation sites is 5. The molecule has 10 rings (SSSR count). The number of hydrogen-bond acceptors (Lipinski definition) is 1. The standard InChI is InChI=1S/C36H20N2O/c1-3-14-29-23(8-1)25-11-6-15-31-34(25)37(29)32-16-7-12-26-28-20-21(18-19-30(28)38(31)35(26)32)22-10-5-13-27-24-9-2-4-17-33(24)39-36(22)27/h1-20H. The van der Waals surface area contributed by atoms with Crippen LogP contribution in [0.3, 0.4) is 0 Å². The zero-order valence-electron chi connectivity index (χ0n) is 20.8. The van der Waals surface area contributed by atoms with E-state index in [1.807, 2.05) is 12.1 Å². The Labute approximate surface area is 222 Å². The predicted molar refractivity (Wildman–Crippen MR) is 162 cm³/mol. The van der Waals surface area contributed by atoms with Crippen LogP contribution < -0.4 is 0 Å². The van der Waals surface area contributed by atoms with E-state index >= 15 is 0 Å². The average Bonchev–Trinajstić information content (AvgIpc) is 3.65. The van der Waals surface area contributed by atoms with Crippen molar-refractivity contribution in [1.29, 1.82) is 0 Å². The molecule has 0 saturated heterocycles. The molecule has 0 aliphatic rings. The summed E-state index contributed by atoms with van der Waals surface area (Å²) in [5.41, 5.74) is 11.6. The topological polar surface area (TPSA) is 22.0 Å². The molecule has 0 saturated carbocycles. The van der Waals surface area contributed by atoms with Crippen LogP contribution in [0.25, 0.3) is 87.7 Å². The highest BCUT2D eigenvalue weighted by atomic mass is 16.3. The first-order valence-electron chi connectivity index (χ1n) is 13.4. The summed E-state index contributed by atoms with van der Waals surface area (Å²) < 4.78 is 11.3. The molecule has 0 amide bonds. The van der Waals surface area contributed by atoms with Crippen molar-refractivity contribution < 1.29 is 4.42 Å². The van der Waals surface area contributed by atoms with Crippen molar-refractivity contribution in [1.82, 2.24) is 8.80 Å². The van der Waals surface area contributed by atoms with Crippen LogP contribution in [0.1, 0.15) is 0 Å². The van der Waals surface area contributed by atoms with Crippen LogP contribution in [-0.4, -0.2) is 8.80 Å². The molecular weight excluding hydrogens is 476 g/mol. The molecule has 4 heterocycles. The van der Waals surface area contributed by atoms with E-state index in [0.717, 1.165) is 27.5 Å². The number of hydrogen-bond donors (Lipinski definition) is 0. The van der Waals surface area contributed by atoms with Crippen LogP contribution in [0.15, 0.2) is 126 Å². The fraction of sp³-hybridized carbons (Fsp3) is 0. The van der Waals surface area contributed by atoms with E-state index in [1.54, 1.807) is 0 Å². The van der Waals surface area contributed by atoms with E-state index in [9.17, 15) is 0 Å². The Bertz CT molecular complexity index is 2610. The Hall–Kier alpha value is -5.28. The monoisotopic (exact) mass is 496 g/mol. The normalized spacial score (nSPS) is 12.6. The van der Waals surface area contributed by atoms with Gasteiger partial charge in [0.25, 0.3) is 0 Å². The maximum atomic E-state index is 6.40. The highest BCUT2D eigenvalue weighted by Crippen LogP contribution is 2.42. The summed E-state index contributed by atoms with van der Waals surface area (Å²) in [6.07, 6.45) is 0. The molecule has 0 spiro atoms. The van der Waals surface area contributed by atoms with Crippen LogP contribution in [0.5, 0.6) is 0 Å². The van der Waals surface area contributed by atoms with E-state index in [4.69, 9.17) is 4.42 Å². The highest BCUT2D eigenvalue weighted by molar-refractivity contribution is 6.22. The van der Waals surface area contributed by atoms with Crippen LogP contribution in [0.4, 0.5) is 0 Å². The summed E-state index contributed by atoms with van der Waals surface area (Å²) in [4.78, 5) is 0. The smallest absolute Gasteiger partial charge is 0.143 e. The summed E-state index contributed by atoms with van der Waals surface area (Å²) in [6, 6.07) is 43.8. The molecule has 0 aliphatic heterocycles. The Kier molecular flexibility index (Phi) is 3.44. The lowest BCUT2D eigenvalue weighted by Crippen LogP contribution is -1.96. The lowest BCUT2D eigenvalue weighted by Gasteiger charge is -2.11. The Morgan fingerprint density at radius 1 is 0.410 bits per heavy atom. The largest absolute Gasteiger partial charge is 0.455 e. The van der Waals surface area contributed by atoms with Gasteiger partial charge in [0.15, 0.2) is 0 Å². The van der Waals surface area contributed by atoms with Crippen molar-refractivity contribution in [2.75, 3.05) is 0 Å². The fourth-order valence-corrected chi connectivity index (χ4v) is 7.05. The molecule has 10 aromatic rings. The summed E-state index contributed by atoms with van der Waals surface area (Å²) in [7, 11) is 0. The van der Waals surface area contributed by atoms with Gasteiger partial charge in [0.2, 0.25) is 0 Å². The molecule has 0 fully saturated rings. The third-order valence-electron chi connectivity index (χ3n) is 8.64. The Morgan fingerprint density at radius 3 is 1.82 bits per heavy atom. The average molecular weight is 497 g/mol. The van der Waals surface area contributed by atoms with Crippen molar-refractivity contribution in [3.8, 4) is 11.1 Å². The van der Waals surface area contributed by atoms with Crippen molar-refractivity contribution in [3.63, 3.8) is 0 Å². The van der Waals surface area contributed by atoms with Gasteiger partial charge in [-0.05, 0) is 42.0 Å². The SMILES string of the molecule is c1ccc2c(c1)oc1c(-c3ccc4c(c3)c3cccc5c3n4c3cccc4c6ccccc6n5c43)cccc12. The number of nitrogens with zero attached hydrogens (tertiary/aromatic N) is 2. The van der Waals surface area contributed by atoms with Crippen molar-refractivity contribution in [2.24, 2.45) is 0 Å². The minimum absolute atomic E-state index is 0.926. The maximum absolute atomic E-state index is 6.40. The number of aromatic nitrogens is 2. The third kappa shape index (κ3) is 2.31. The van der Waals surface area contributed by atoms with Gasteiger partial charge < -0.3 is 13.2 Å². The molecule has 39 heavy (non-hydrogen) atoms. The lowest BCUT2D eigenvalue weighted by atomic mass is 10.0. The Balaban J connectivity index is 1.37. The van der Waals surface area contributed by atoms with Crippen LogP contribution in [0.2, 0.25) is 0 Å². The molecule has 0 aliphatic carbocycles. The van der Waals surface area contributed by atoms with Gasteiger partial charge in [0, 0.05) is 37.9 Å². The molecule has 6 aromatic carbocycles. The molecule has 0 atom stereocenters. The third-order valence-corrected chi connectivity index (χ3v) is 8.64. The number of benzene rings is 6. The second kappa shape index (κ2) is 6.77. The number of furan rings is 1. The molecule has 0 unspecified atom stereocenters. The maximum Gasteiger partial charge on any atom is 0.143 e. The molecule has 4 aromatic heterocycles. The lowest BCUT2D eigenvalue weighted by molar-refractivity contribution is 0.670. The summed E-state index contributed by atoms with van der Waals surface area (Å²) in [5, 5.41) is 7.42. The summed E-state index contributed by atoms with van der Waals surface area (Å²) in [6.45, 7) is 0. The van der Waals surface area contributed by atoms with Gasteiger partial charge in [0.1, 0.15) is 11.2 Å². The van der Waals surface area contributed by atoms with Crippen molar-refractivity contribution in [3.05, 3.63) is 121 Å². The molecule has 3 nitrogen and oxygen atoms in total. The molecule has 0 bridgehead atoms. The van der Waals surface area contributed by atoms with E-state index in [-0.39, 0.29) is 0 Å². The van der Waals surface area contributed by atoms with E-state index in [2.05, 4.69) is 118 Å². The highest BCUT2D eigenvalue weighted by Gasteiger charge is 2.21. The second-order valence-electron chi connectivity index (χ2n) is 10.5. The number of rotatable bonds is 1. The predicted octanol–water partition coefficient (Wildman–Crippen LogP) is 9.81. The second-order valence-corrected chi connectivity index (χ2v) is 10.5. The van der Waals surface area contributed by atoms with Crippen LogP contribution in [-0.2, 0) is 0 Å². The van der Waals surface area contributed by atoms with Gasteiger partial charge >= 0.3 is 0 Å². The van der Waals surface area contributed by atoms with E-state index in [0.29, 0.717) is 0 Å². The molecule has 0 N–H and O–H groups in total. The van der Waals surface area contributed by atoms with Gasteiger partial charge in [-0.1, -0.05) is 84.9 Å². The summed E-state index contributed by atoms with van der Waals surface area (Å²) >= 11 is 0. The first kappa shape index (κ1) is 19.8. The van der Waals surface area contributed by atoms with Crippen LogP contribution >= 0.6 is 0 Å². The molecular formula is C36H20N2O. The van der Waals surface area contributed by atoms with Gasteiger partial charge in [-0.2, -0.15) is 0 Å². The zero-order valence-corrected chi connectivity index (χ0v) is 20.8.